The first-order valence-electron chi connectivity index (χ1n) is 6.73. The van der Waals surface area contributed by atoms with E-state index >= 15 is 0 Å². The van der Waals surface area contributed by atoms with Gasteiger partial charge in [-0.15, -0.1) is 0 Å². The molecule has 0 amide bonds. The Morgan fingerprint density at radius 2 is 1.85 bits per heavy atom. The van der Waals surface area contributed by atoms with E-state index in [9.17, 15) is 4.79 Å². The monoisotopic (exact) mass is 285 g/mol. The third-order valence-corrected chi connectivity index (χ3v) is 4.38. The summed E-state index contributed by atoms with van der Waals surface area (Å²) in [7, 11) is 2.07. The number of carbonyl (C=O) groups excluding carboxylic acids is 1. The summed E-state index contributed by atoms with van der Waals surface area (Å²) < 4.78 is 0. The molecule has 3 heteroatoms. The van der Waals surface area contributed by atoms with Crippen LogP contribution in [-0.4, -0.2) is 18.9 Å². The van der Waals surface area contributed by atoms with Crippen molar-refractivity contribution in [2.45, 2.75) is 19.4 Å². The van der Waals surface area contributed by atoms with Crippen LogP contribution in [0.25, 0.3) is 0 Å². The smallest absolute Gasteiger partial charge is 0.194 e. The molecule has 1 heterocycles. The number of benzene rings is 2. The molecule has 0 saturated carbocycles. The lowest BCUT2D eigenvalue weighted by Gasteiger charge is -2.18. The lowest BCUT2D eigenvalue weighted by Crippen LogP contribution is -2.23. The summed E-state index contributed by atoms with van der Waals surface area (Å²) in [6, 6.07) is 13.6. The van der Waals surface area contributed by atoms with Crippen molar-refractivity contribution in [3.05, 3.63) is 64.2 Å². The Hall–Kier alpha value is -1.80. The van der Waals surface area contributed by atoms with Crippen LogP contribution >= 0.6 is 11.6 Å². The van der Waals surface area contributed by atoms with Crippen molar-refractivity contribution in [2.75, 3.05) is 11.9 Å². The first kappa shape index (κ1) is 13.2. The summed E-state index contributed by atoms with van der Waals surface area (Å²) >= 11 is 6.15. The van der Waals surface area contributed by atoms with Gasteiger partial charge in [0.25, 0.3) is 0 Å². The molecule has 102 valence electrons. The van der Waals surface area contributed by atoms with Crippen molar-refractivity contribution < 1.29 is 4.79 Å². The van der Waals surface area contributed by atoms with Gasteiger partial charge >= 0.3 is 0 Å². The number of hydrogen-bond acceptors (Lipinski definition) is 2. The lowest BCUT2D eigenvalue weighted by atomic mass is 9.96. The van der Waals surface area contributed by atoms with Gasteiger partial charge in [-0.05, 0) is 37.1 Å². The number of hydrogen-bond donors (Lipinski definition) is 0. The van der Waals surface area contributed by atoms with E-state index in [1.807, 2.05) is 24.3 Å². The largest absolute Gasteiger partial charge is 0.371 e. The van der Waals surface area contributed by atoms with Crippen LogP contribution in [0, 0.1) is 0 Å². The summed E-state index contributed by atoms with van der Waals surface area (Å²) in [5, 5.41) is 0.509. The summed E-state index contributed by atoms with van der Waals surface area (Å²) in [6.45, 7) is 2.17. The molecule has 20 heavy (non-hydrogen) atoms. The van der Waals surface area contributed by atoms with Crippen LogP contribution in [0.5, 0.6) is 0 Å². The molecule has 0 aliphatic carbocycles. The average molecular weight is 286 g/mol. The van der Waals surface area contributed by atoms with E-state index in [0.717, 1.165) is 23.2 Å². The molecule has 0 unspecified atom stereocenters. The lowest BCUT2D eigenvalue weighted by molar-refractivity contribution is 0.103. The fraction of sp³-hybridized carbons (Fsp3) is 0.235. The molecule has 1 aliphatic rings. The van der Waals surface area contributed by atoms with Gasteiger partial charge in [-0.1, -0.05) is 35.9 Å². The highest BCUT2D eigenvalue weighted by atomic mass is 35.5. The second-order valence-electron chi connectivity index (χ2n) is 5.28. The van der Waals surface area contributed by atoms with Gasteiger partial charge < -0.3 is 4.90 Å². The topological polar surface area (TPSA) is 20.3 Å². The van der Waals surface area contributed by atoms with Gasteiger partial charge in [0.2, 0.25) is 0 Å². The Kier molecular flexibility index (Phi) is 3.27. The Bertz CT molecular complexity index is 680. The van der Waals surface area contributed by atoms with E-state index in [1.165, 1.54) is 0 Å². The van der Waals surface area contributed by atoms with E-state index in [-0.39, 0.29) is 5.78 Å². The highest BCUT2D eigenvalue weighted by Crippen LogP contribution is 2.34. The molecular weight excluding hydrogens is 270 g/mol. The zero-order chi connectivity index (χ0) is 14.3. The number of halogens is 1. The van der Waals surface area contributed by atoms with Gasteiger partial charge in [-0.3, -0.25) is 4.79 Å². The maximum Gasteiger partial charge on any atom is 0.194 e. The van der Waals surface area contributed by atoms with Crippen molar-refractivity contribution in [2.24, 2.45) is 0 Å². The standard InChI is InChI=1S/C17H16ClNO/c1-11-10-14-12(7-5-9-16(14)19(11)2)17(20)13-6-3-4-8-15(13)18/h3-9,11H,10H2,1-2H3/t11-/m1/s1. The highest BCUT2D eigenvalue weighted by Gasteiger charge is 2.27. The minimum absolute atomic E-state index is 0.00921. The van der Waals surface area contributed by atoms with Gasteiger partial charge in [0.1, 0.15) is 0 Å². The van der Waals surface area contributed by atoms with Crippen molar-refractivity contribution in [3.63, 3.8) is 0 Å². The van der Waals surface area contributed by atoms with Gasteiger partial charge in [0, 0.05) is 29.9 Å². The molecule has 0 N–H and O–H groups in total. The fourth-order valence-electron chi connectivity index (χ4n) is 2.79. The molecular formula is C17H16ClNO. The first-order chi connectivity index (χ1) is 9.59. The molecule has 1 aliphatic heterocycles. The van der Waals surface area contributed by atoms with Crippen molar-refractivity contribution in [3.8, 4) is 0 Å². The van der Waals surface area contributed by atoms with Gasteiger partial charge in [-0.2, -0.15) is 0 Å². The minimum Gasteiger partial charge on any atom is -0.371 e. The summed E-state index contributed by atoms with van der Waals surface area (Å²) in [6.07, 6.45) is 0.901. The van der Waals surface area contributed by atoms with Gasteiger partial charge in [0.15, 0.2) is 5.78 Å². The molecule has 0 fully saturated rings. The van der Waals surface area contributed by atoms with E-state index in [0.29, 0.717) is 16.6 Å². The van der Waals surface area contributed by atoms with Crippen molar-refractivity contribution in [1.29, 1.82) is 0 Å². The Morgan fingerprint density at radius 3 is 2.60 bits per heavy atom. The zero-order valence-electron chi connectivity index (χ0n) is 11.6. The number of nitrogens with zero attached hydrogens (tertiary/aromatic N) is 1. The first-order valence-corrected chi connectivity index (χ1v) is 7.11. The molecule has 2 nitrogen and oxygen atoms in total. The zero-order valence-corrected chi connectivity index (χ0v) is 12.3. The van der Waals surface area contributed by atoms with Gasteiger partial charge in [-0.25, -0.2) is 0 Å². The van der Waals surface area contributed by atoms with Crippen molar-refractivity contribution in [1.82, 2.24) is 0 Å². The maximum absolute atomic E-state index is 12.7. The van der Waals surface area contributed by atoms with Crippen LogP contribution in [0.1, 0.15) is 28.4 Å². The van der Waals surface area contributed by atoms with Crippen LogP contribution < -0.4 is 4.90 Å². The van der Waals surface area contributed by atoms with Crippen molar-refractivity contribution >= 4 is 23.1 Å². The minimum atomic E-state index is 0.00921. The third-order valence-electron chi connectivity index (χ3n) is 4.06. The summed E-state index contributed by atoms with van der Waals surface area (Å²) in [4.78, 5) is 15.0. The molecule has 0 saturated heterocycles. The summed E-state index contributed by atoms with van der Waals surface area (Å²) in [5.74, 6) is 0.00921. The van der Waals surface area contributed by atoms with Crippen LogP contribution in [0.3, 0.4) is 0 Å². The van der Waals surface area contributed by atoms with Crippen LogP contribution in [0.4, 0.5) is 5.69 Å². The van der Waals surface area contributed by atoms with E-state index in [2.05, 4.69) is 24.9 Å². The molecule has 0 aromatic heterocycles. The van der Waals surface area contributed by atoms with E-state index in [4.69, 9.17) is 11.6 Å². The number of ketones is 1. The normalized spacial score (nSPS) is 17.1. The fourth-order valence-corrected chi connectivity index (χ4v) is 3.01. The molecule has 0 radical (unpaired) electrons. The number of anilines is 1. The highest BCUT2D eigenvalue weighted by molar-refractivity contribution is 6.35. The number of carbonyl (C=O) groups is 1. The van der Waals surface area contributed by atoms with E-state index < -0.39 is 0 Å². The number of likely N-dealkylation sites (N-methyl/N-ethyl adjacent to an activating group) is 1. The molecule has 3 rings (SSSR count). The molecule has 2 aromatic rings. The maximum atomic E-state index is 12.7. The van der Waals surface area contributed by atoms with Crippen LogP contribution in [0.15, 0.2) is 42.5 Å². The molecule has 0 spiro atoms. The SMILES string of the molecule is C[C@@H]1Cc2c(C(=O)c3ccccc3Cl)cccc2N1C. The Labute approximate surface area is 124 Å². The average Bonchev–Trinajstić information content (AvgIpc) is 2.74. The molecule has 0 bridgehead atoms. The Balaban J connectivity index is 2.09. The Morgan fingerprint density at radius 1 is 1.15 bits per heavy atom. The third kappa shape index (κ3) is 2.01. The van der Waals surface area contributed by atoms with Crippen LogP contribution in [0.2, 0.25) is 5.02 Å². The number of fused-ring (bicyclic) bond motifs is 1. The summed E-state index contributed by atoms with van der Waals surface area (Å²) in [5.41, 5.74) is 3.62. The quantitative estimate of drug-likeness (QED) is 0.779. The second-order valence-corrected chi connectivity index (χ2v) is 5.68. The van der Waals surface area contributed by atoms with E-state index in [1.54, 1.807) is 12.1 Å². The number of rotatable bonds is 2. The second kappa shape index (κ2) is 4.95. The predicted molar refractivity (Wildman–Crippen MR) is 82.9 cm³/mol. The van der Waals surface area contributed by atoms with Crippen LogP contribution in [-0.2, 0) is 6.42 Å². The molecule has 2 aromatic carbocycles. The predicted octanol–water partition coefficient (Wildman–Crippen LogP) is 3.95. The molecule has 1 atom stereocenters. The van der Waals surface area contributed by atoms with Gasteiger partial charge in [0.05, 0.1) is 5.02 Å².